The van der Waals surface area contributed by atoms with Crippen LogP contribution in [0.4, 0.5) is 18.9 Å². The third kappa shape index (κ3) is 6.03. The Hall–Kier alpha value is -4.13. The van der Waals surface area contributed by atoms with E-state index in [0.29, 0.717) is 51.3 Å². The van der Waals surface area contributed by atoms with Crippen LogP contribution in [0.15, 0.2) is 54.7 Å². The number of carbonyl (C=O) groups is 3. The monoisotopic (exact) mass is 599 g/mol. The van der Waals surface area contributed by atoms with E-state index in [-0.39, 0.29) is 31.3 Å². The van der Waals surface area contributed by atoms with Gasteiger partial charge in [0.05, 0.1) is 18.4 Å². The molecule has 3 aliphatic heterocycles. The highest BCUT2D eigenvalue weighted by atomic mass is 19.4. The number of hydrogen-bond donors (Lipinski definition) is 1. The summed E-state index contributed by atoms with van der Waals surface area (Å²) >= 11 is 0. The zero-order valence-corrected chi connectivity index (χ0v) is 24.3. The summed E-state index contributed by atoms with van der Waals surface area (Å²) in [5, 5.41) is 7.86. The number of H-pyrrole nitrogens is 1. The Morgan fingerprint density at radius 2 is 1.81 bits per heavy atom. The van der Waals surface area contributed by atoms with Crippen molar-refractivity contribution in [3.05, 3.63) is 60.3 Å². The van der Waals surface area contributed by atoms with Crippen LogP contribution in [0, 0.1) is 0 Å². The molecule has 1 aromatic heterocycles. The number of para-hydroxylation sites is 1. The van der Waals surface area contributed by atoms with Gasteiger partial charge in [-0.2, -0.15) is 18.3 Å². The molecular formula is C30H36F3N7O3. The van der Waals surface area contributed by atoms with E-state index >= 15 is 0 Å². The van der Waals surface area contributed by atoms with Crippen molar-refractivity contribution in [2.24, 2.45) is 0 Å². The minimum atomic E-state index is -4.32. The van der Waals surface area contributed by atoms with Gasteiger partial charge in [-0.1, -0.05) is 18.2 Å². The van der Waals surface area contributed by atoms with Crippen molar-refractivity contribution in [1.29, 1.82) is 0 Å². The van der Waals surface area contributed by atoms with Crippen molar-refractivity contribution in [3.63, 3.8) is 0 Å². The van der Waals surface area contributed by atoms with Gasteiger partial charge in [-0.05, 0) is 57.1 Å². The summed E-state index contributed by atoms with van der Waals surface area (Å²) in [5.41, 5.74) is 2.07. The molecule has 1 spiro atoms. The van der Waals surface area contributed by atoms with Gasteiger partial charge < -0.3 is 24.5 Å². The topological polar surface area (TPSA) is 96.1 Å². The maximum absolute atomic E-state index is 13.3. The number of rotatable bonds is 4. The maximum Gasteiger partial charge on any atom is 0.410 e. The average Bonchev–Trinajstić information content (AvgIpc) is 3.59. The van der Waals surface area contributed by atoms with Crippen molar-refractivity contribution in [2.75, 3.05) is 57.9 Å². The van der Waals surface area contributed by atoms with Crippen molar-refractivity contribution in [3.8, 4) is 0 Å². The highest BCUT2D eigenvalue weighted by Crippen LogP contribution is 2.39. The van der Waals surface area contributed by atoms with Crippen LogP contribution in [-0.4, -0.2) is 119 Å². The van der Waals surface area contributed by atoms with Gasteiger partial charge in [-0.15, -0.1) is 0 Å². The number of amides is 3. The van der Waals surface area contributed by atoms with Gasteiger partial charge in [0.1, 0.15) is 11.6 Å². The summed E-state index contributed by atoms with van der Waals surface area (Å²) in [4.78, 5) is 45.2. The summed E-state index contributed by atoms with van der Waals surface area (Å²) in [6.45, 7) is 4.94. The van der Waals surface area contributed by atoms with Gasteiger partial charge in [-0.3, -0.25) is 19.5 Å². The molecule has 1 unspecified atom stereocenters. The van der Waals surface area contributed by atoms with E-state index in [1.165, 1.54) is 0 Å². The highest BCUT2D eigenvalue weighted by molar-refractivity contribution is 5.98. The first kappa shape index (κ1) is 30.3. The Morgan fingerprint density at radius 3 is 2.47 bits per heavy atom. The number of halogens is 3. The van der Waals surface area contributed by atoms with Crippen LogP contribution < -0.4 is 4.90 Å². The minimum absolute atomic E-state index is 0.0111. The fourth-order valence-corrected chi connectivity index (χ4v) is 6.13. The van der Waals surface area contributed by atoms with Crippen LogP contribution in [0.5, 0.6) is 0 Å². The SMILES string of the molecule is CCN1CN(c2ccccc2)C2(CCN(C(=O)c3ccc4[nH]ncc4c3)CC2)C1=O.CN1CCN(C=O)C(C(F)(F)F)C1. The number of benzene rings is 2. The van der Waals surface area contributed by atoms with Gasteiger partial charge in [0.2, 0.25) is 12.3 Å². The Bertz CT molecular complexity index is 1440. The van der Waals surface area contributed by atoms with E-state index in [1.807, 2.05) is 53.1 Å². The van der Waals surface area contributed by atoms with E-state index in [2.05, 4.69) is 27.2 Å². The second-order valence-electron chi connectivity index (χ2n) is 11.2. The number of fused-ring (bicyclic) bond motifs is 1. The zero-order chi connectivity index (χ0) is 30.8. The fraction of sp³-hybridized carbons (Fsp3) is 0.467. The largest absolute Gasteiger partial charge is 0.410 e. The molecule has 43 heavy (non-hydrogen) atoms. The molecule has 10 nitrogen and oxygen atoms in total. The first-order valence-electron chi connectivity index (χ1n) is 14.4. The van der Waals surface area contributed by atoms with Gasteiger partial charge in [0.15, 0.2) is 0 Å². The third-order valence-corrected chi connectivity index (χ3v) is 8.67. The van der Waals surface area contributed by atoms with Crippen molar-refractivity contribution in [1.82, 2.24) is 29.8 Å². The predicted molar refractivity (Wildman–Crippen MR) is 155 cm³/mol. The van der Waals surface area contributed by atoms with Crippen LogP contribution >= 0.6 is 0 Å². The summed E-state index contributed by atoms with van der Waals surface area (Å²) in [6.07, 6.45) is -1.06. The second kappa shape index (κ2) is 12.2. The predicted octanol–water partition coefficient (Wildman–Crippen LogP) is 3.19. The van der Waals surface area contributed by atoms with E-state index in [1.54, 1.807) is 18.1 Å². The van der Waals surface area contributed by atoms with E-state index in [0.717, 1.165) is 21.5 Å². The molecular weight excluding hydrogens is 563 g/mol. The number of piperazine rings is 1. The average molecular weight is 600 g/mol. The Kier molecular flexibility index (Phi) is 8.63. The van der Waals surface area contributed by atoms with Crippen LogP contribution in [0.25, 0.3) is 10.9 Å². The molecule has 2 aromatic carbocycles. The molecule has 0 radical (unpaired) electrons. The molecule has 6 rings (SSSR count). The second-order valence-corrected chi connectivity index (χ2v) is 11.2. The lowest BCUT2D eigenvalue weighted by molar-refractivity contribution is -0.195. The standard InChI is InChI=1S/C23H25N5O2.C7H11F3N2O/c1-2-26-16-28(19-6-4-3-5-7-19)23(22(26)30)10-12-27(13-11-23)21(29)17-8-9-20-18(14-17)15-24-25-20;1-11-2-3-12(5-13)6(4-11)7(8,9)10/h3-9,14-15H,2,10-13,16H2,1H3,(H,24,25);5-6H,2-4H2,1H3. The van der Waals surface area contributed by atoms with E-state index in [9.17, 15) is 27.6 Å². The number of alkyl halides is 3. The Balaban J connectivity index is 0.000000239. The van der Waals surface area contributed by atoms with Crippen molar-refractivity contribution < 1.29 is 27.6 Å². The molecule has 4 heterocycles. The number of carbonyl (C=O) groups excluding carboxylic acids is 3. The molecule has 3 fully saturated rings. The molecule has 230 valence electrons. The fourth-order valence-electron chi connectivity index (χ4n) is 6.13. The maximum atomic E-state index is 13.3. The Morgan fingerprint density at radius 1 is 1.09 bits per heavy atom. The number of piperidine rings is 1. The number of aromatic amines is 1. The molecule has 0 bridgehead atoms. The van der Waals surface area contributed by atoms with Crippen LogP contribution in [-0.2, 0) is 9.59 Å². The summed E-state index contributed by atoms with van der Waals surface area (Å²) in [5.74, 6) is 0.192. The number of nitrogens with zero attached hydrogens (tertiary/aromatic N) is 6. The number of anilines is 1. The van der Waals surface area contributed by atoms with Gasteiger partial charge in [0.25, 0.3) is 5.91 Å². The molecule has 0 aliphatic carbocycles. The Labute approximate surface area is 248 Å². The first-order chi connectivity index (χ1) is 20.6. The molecule has 1 N–H and O–H groups in total. The first-order valence-corrected chi connectivity index (χ1v) is 14.4. The van der Waals surface area contributed by atoms with Crippen molar-refractivity contribution >= 4 is 34.8 Å². The van der Waals surface area contributed by atoms with Crippen LogP contribution in [0.3, 0.4) is 0 Å². The smallest absolute Gasteiger partial charge is 0.339 e. The lowest BCUT2D eigenvalue weighted by Gasteiger charge is -2.43. The number of likely N-dealkylation sites (tertiary alicyclic amines) is 1. The summed E-state index contributed by atoms with van der Waals surface area (Å²) < 4.78 is 37.0. The van der Waals surface area contributed by atoms with Crippen LogP contribution in [0.2, 0.25) is 0 Å². The van der Waals surface area contributed by atoms with Crippen molar-refractivity contribution in [2.45, 2.75) is 37.5 Å². The number of nitrogens with one attached hydrogen (secondary N) is 1. The molecule has 3 saturated heterocycles. The lowest BCUT2D eigenvalue weighted by Crippen LogP contribution is -2.57. The van der Waals surface area contributed by atoms with Crippen LogP contribution in [0.1, 0.15) is 30.1 Å². The molecule has 3 aliphatic rings. The number of hydrogen-bond acceptors (Lipinski definition) is 6. The molecule has 1 atom stereocenters. The third-order valence-electron chi connectivity index (χ3n) is 8.67. The molecule has 3 aromatic rings. The molecule has 0 saturated carbocycles. The lowest BCUT2D eigenvalue weighted by atomic mass is 9.85. The normalized spacial score (nSPS) is 20.9. The quantitative estimate of drug-likeness (QED) is 0.463. The van der Waals surface area contributed by atoms with Gasteiger partial charge in [0, 0.05) is 55.9 Å². The highest BCUT2D eigenvalue weighted by Gasteiger charge is 2.53. The molecule has 3 amide bonds. The van der Waals surface area contributed by atoms with E-state index < -0.39 is 17.8 Å². The van der Waals surface area contributed by atoms with Gasteiger partial charge in [-0.25, -0.2) is 0 Å². The number of aromatic nitrogens is 2. The summed E-state index contributed by atoms with van der Waals surface area (Å²) in [6, 6.07) is 14.1. The summed E-state index contributed by atoms with van der Waals surface area (Å²) in [7, 11) is 1.61. The number of likely N-dealkylation sites (N-methyl/N-ethyl adjacent to an activating group) is 2. The minimum Gasteiger partial charge on any atom is -0.339 e. The van der Waals surface area contributed by atoms with E-state index in [4.69, 9.17) is 0 Å². The molecule has 13 heteroatoms. The van der Waals surface area contributed by atoms with Gasteiger partial charge >= 0.3 is 6.18 Å². The zero-order valence-electron chi connectivity index (χ0n) is 24.3.